The van der Waals surface area contributed by atoms with E-state index in [1.165, 1.54) is 0 Å². The molecule has 0 aromatic heterocycles. The molecule has 96 valence electrons. The van der Waals surface area contributed by atoms with Crippen molar-refractivity contribution in [2.75, 3.05) is 12.9 Å². The monoisotopic (exact) mass is 285 g/mol. The Labute approximate surface area is 111 Å². The predicted molar refractivity (Wildman–Crippen MR) is 68.0 cm³/mol. The lowest BCUT2D eigenvalue weighted by Gasteiger charge is -2.03. The normalized spacial score (nSPS) is 30.8. The molecule has 0 heterocycles. The van der Waals surface area contributed by atoms with Gasteiger partial charge in [0.1, 0.15) is 5.41 Å². The lowest BCUT2D eigenvalue weighted by atomic mass is 10.0. The zero-order chi connectivity index (χ0) is 13.6. The molecule has 0 saturated heterocycles. The third-order valence-corrected chi connectivity index (χ3v) is 5.28. The summed E-state index contributed by atoms with van der Waals surface area (Å²) in [6, 6.07) is 8.64. The van der Waals surface area contributed by atoms with E-state index in [1.54, 1.807) is 24.3 Å². The quantitative estimate of drug-likeness (QED) is 0.909. The summed E-state index contributed by atoms with van der Waals surface area (Å²) in [6.07, 6.45) is 1.09. The molecule has 1 fully saturated rings. The van der Waals surface area contributed by atoms with Crippen LogP contribution in [0.2, 0.25) is 5.02 Å². The largest absolute Gasteiger partial charge is 0.395 e. The van der Waals surface area contributed by atoms with Crippen molar-refractivity contribution in [1.82, 2.24) is 0 Å². The number of aliphatic hydroxyl groups is 1. The average molecular weight is 286 g/mol. The SMILES string of the molecule is CS(=O)(=O)[C@@H]1[C@H](c2ccc(Cl)cc2)[C@]1(C#N)CO. The third-order valence-electron chi connectivity index (χ3n) is 3.42. The number of nitriles is 1. The molecule has 0 spiro atoms. The van der Waals surface area contributed by atoms with Gasteiger partial charge in [-0.2, -0.15) is 5.26 Å². The zero-order valence-electron chi connectivity index (χ0n) is 9.67. The molecule has 0 bridgehead atoms. The second kappa shape index (κ2) is 4.23. The minimum atomic E-state index is -3.38. The van der Waals surface area contributed by atoms with Gasteiger partial charge < -0.3 is 5.11 Å². The highest BCUT2D eigenvalue weighted by Crippen LogP contribution is 2.62. The number of halogens is 1. The van der Waals surface area contributed by atoms with E-state index in [9.17, 15) is 18.8 Å². The summed E-state index contributed by atoms with van der Waals surface area (Å²) < 4.78 is 23.4. The van der Waals surface area contributed by atoms with Crippen LogP contribution in [0, 0.1) is 16.7 Å². The van der Waals surface area contributed by atoms with Crippen LogP contribution in [-0.4, -0.2) is 31.6 Å². The Bertz CT molecular complexity index is 605. The number of hydrogen-bond acceptors (Lipinski definition) is 4. The van der Waals surface area contributed by atoms with Crippen LogP contribution >= 0.6 is 11.6 Å². The molecule has 1 aromatic carbocycles. The summed E-state index contributed by atoms with van der Waals surface area (Å²) in [6.45, 7) is -0.464. The molecule has 1 aromatic rings. The number of hydrogen-bond donors (Lipinski definition) is 1. The van der Waals surface area contributed by atoms with Gasteiger partial charge in [0.25, 0.3) is 0 Å². The molecule has 3 atom stereocenters. The fraction of sp³-hybridized carbons (Fsp3) is 0.417. The average Bonchev–Trinajstić information content (AvgIpc) is 3.00. The molecule has 1 aliphatic carbocycles. The summed E-state index contributed by atoms with van der Waals surface area (Å²) in [5.41, 5.74) is -0.507. The number of benzene rings is 1. The van der Waals surface area contributed by atoms with Crippen LogP contribution in [0.4, 0.5) is 0 Å². The van der Waals surface area contributed by atoms with E-state index >= 15 is 0 Å². The van der Waals surface area contributed by atoms with Gasteiger partial charge in [-0.25, -0.2) is 8.42 Å². The Morgan fingerprint density at radius 1 is 1.44 bits per heavy atom. The lowest BCUT2D eigenvalue weighted by Crippen LogP contribution is -2.16. The van der Waals surface area contributed by atoms with Crippen molar-refractivity contribution < 1.29 is 13.5 Å². The van der Waals surface area contributed by atoms with E-state index in [4.69, 9.17) is 11.6 Å². The van der Waals surface area contributed by atoms with Crippen LogP contribution in [0.1, 0.15) is 11.5 Å². The van der Waals surface area contributed by atoms with Gasteiger partial charge in [-0.3, -0.25) is 0 Å². The van der Waals surface area contributed by atoms with Crippen molar-refractivity contribution in [1.29, 1.82) is 5.26 Å². The number of aliphatic hydroxyl groups excluding tert-OH is 1. The highest BCUT2D eigenvalue weighted by Gasteiger charge is 2.70. The first-order valence-corrected chi connectivity index (χ1v) is 7.66. The first kappa shape index (κ1) is 13.3. The van der Waals surface area contributed by atoms with E-state index in [-0.39, 0.29) is 0 Å². The summed E-state index contributed by atoms with van der Waals surface area (Å²) in [4.78, 5) is 0. The molecule has 1 N–H and O–H groups in total. The van der Waals surface area contributed by atoms with E-state index in [2.05, 4.69) is 0 Å². The topological polar surface area (TPSA) is 78.2 Å². The number of nitrogens with zero attached hydrogens (tertiary/aromatic N) is 1. The molecule has 0 radical (unpaired) electrons. The van der Waals surface area contributed by atoms with Crippen molar-refractivity contribution in [3.8, 4) is 6.07 Å². The maximum absolute atomic E-state index is 11.7. The van der Waals surface area contributed by atoms with Crippen molar-refractivity contribution in [2.45, 2.75) is 11.2 Å². The Kier molecular flexibility index (Phi) is 3.14. The van der Waals surface area contributed by atoms with Crippen LogP contribution in [-0.2, 0) is 9.84 Å². The van der Waals surface area contributed by atoms with Gasteiger partial charge in [0.2, 0.25) is 0 Å². The second-order valence-corrected chi connectivity index (χ2v) is 7.19. The van der Waals surface area contributed by atoms with E-state index in [0.29, 0.717) is 10.6 Å². The Morgan fingerprint density at radius 3 is 2.33 bits per heavy atom. The summed E-state index contributed by atoms with van der Waals surface area (Å²) in [5, 5.41) is 18.2. The molecule has 0 unspecified atom stereocenters. The maximum atomic E-state index is 11.7. The lowest BCUT2D eigenvalue weighted by molar-refractivity contribution is 0.242. The van der Waals surface area contributed by atoms with E-state index in [1.807, 2.05) is 6.07 Å². The smallest absolute Gasteiger partial charge is 0.152 e. The molecule has 6 heteroatoms. The highest BCUT2D eigenvalue weighted by molar-refractivity contribution is 7.91. The van der Waals surface area contributed by atoms with Gasteiger partial charge in [-0.1, -0.05) is 23.7 Å². The predicted octanol–water partition coefficient (Wildman–Crippen LogP) is 1.35. The second-order valence-electron chi connectivity index (χ2n) is 4.59. The minimum absolute atomic E-state index is 0.464. The molecule has 0 amide bonds. The number of rotatable bonds is 3. The highest BCUT2D eigenvalue weighted by atomic mass is 35.5. The molecule has 18 heavy (non-hydrogen) atoms. The Morgan fingerprint density at radius 2 is 2.00 bits per heavy atom. The van der Waals surface area contributed by atoms with Crippen LogP contribution in [0.25, 0.3) is 0 Å². The van der Waals surface area contributed by atoms with Crippen molar-refractivity contribution in [2.24, 2.45) is 5.41 Å². The van der Waals surface area contributed by atoms with Crippen LogP contribution in [0.15, 0.2) is 24.3 Å². The molecule has 1 aliphatic rings. The zero-order valence-corrected chi connectivity index (χ0v) is 11.2. The molecule has 0 aliphatic heterocycles. The van der Waals surface area contributed by atoms with Gasteiger partial charge in [0.05, 0.1) is 17.9 Å². The van der Waals surface area contributed by atoms with Crippen molar-refractivity contribution in [3.05, 3.63) is 34.9 Å². The van der Waals surface area contributed by atoms with Gasteiger partial charge in [-0.05, 0) is 17.7 Å². The van der Waals surface area contributed by atoms with Gasteiger partial charge in [-0.15, -0.1) is 0 Å². The summed E-state index contributed by atoms with van der Waals surface area (Å²) in [7, 11) is -3.38. The fourth-order valence-corrected chi connectivity index (χ4v) is 4.51. The summed E-state index contributed by atoms with van der Waals surface area (Å²) >= 11 is 5.77. The molecular formula is C12H12ClNO3S. The molecular weight excluding hydrogens is 274 g/mol. The van der Waals surface area contributed by atoms with Crippen molar-refractivity contribution >= 4 is 21.4 Å². The van der Waals surface area contributed by atoms with Crippen LogP contribution in [0.5, 0.6) is 0 Å². The summed E-state index contributed by atoms with van der Waals surface area (Å²) in [5.74, 6) is -0.486. The first-order valence-electron chi connectivity index (χ1n) is 5.33. The first-order chi connectivity index (χ1) is 8.36. The van der Waals surface area contributed by atoms with Crippen molar-refractivity contribution in [3.63, 3.8) is 0 Å². The Balaban J connectivity index is 2.46. The molecule has 1 saturated carbocycles. The van der Waals surface area contributed by atoms with Gasteiger partial charge in [0, 0.05) is 17.2 Å². The Hall–Kier alpha value is -1.09. The van der Waals surface area contributed by atoms with Crippen LogP contribution < -0.4 is 0 Å². The fourth-order valence-electron chi connectivity index (χ4n) is 2.53. The van der Waals surface area contributed by atoms with E-state index < -0.39 is 33.0 Å². The van der Waals surface area contributed by atoms with Gasteiger partial charge >= 0.3 is 0 Å². The van der Waals surface area contributed by atoms with Crippen LogP contribution in [0.3, 0.4) is 0 Å². The molecule has 4 nitrogen and oxygen atoms in total. The maximum Gasteiger partial charge on any atom is 0.152 e. The van der Waals surface area contributed by atoms with E-state index in [0.717, 1.165) is 6.26 Å². The minimum Gasteiger partial charge on any atom is -0.395 e. The van der Waals surface area contributed by atoms with Gasteiger partial charge in [0.15, 0.2) is 9.84 Å². The third kappa shape index (κ3) is 1.91. The number of sulfone groups is 1. The standard InChI is InChI=1S/C12H12ClNO3S/c1-18(16,17)11-10(12(11,6-14)7-15)8-2-4-9(13)5-3-8/h2-5,10-11,15H,7H2,1H3/t10-,11+,12-/m0/s1. The molecule has 2 rings (SSSR count).